The zero-order valence-corrected chi connectivity index (χ0v) is 10.3. The Morgan fingerprint density at radius 2 is 1.88 bits per heavy atom. The van der Waals surface area contributed by atoms with Crippen LogP contribution in [0.25, 0.3) is 0 Å². The van der Waals surface area contributed by atoms with Crippen molar-refractivity contribution < 1.29 is 14.3 Å². The highest BCUT2D eigenvalue weighted by Gasteiger charge is 2.02. The molecule has 1 rings (SSSR count). The third-order valence-electron chi connectivity index (χ3n) is 2.47. The summed E-state index contributed by atoms with van der Waals surface area (Å²) in [6, 6.07) is 10.2. The van der Waals surface area contributed by atoms with Crippen molar-refractivity contribution >= 4 is 5.97 Å². The lowest BCUT2D eigenvalue weighted by Gasteiger charge is -2.05. The predicted molar refractivity (Wildman–Crippen MR) is 66.5 cm³/mol. The molecule has 0 saturated carbocycles. The average Bonchev–Trinajstić information content (AvgIpc) is 2.38. The van der Waals surface area contributed by atoms with Gasteiger partial charge in [0.25, 0.3) is 0 Å². The van der Waals surface area contributed by atoms with E-state index < -0.39 is 0 Å². The zero-order valence-electron chi connectivity index (χ0n) is 10.3. The van der Waals surface area contributed by atoms with Crippen LogP contribution in [0.3, 0.4) is 0 Å². The molecule has 1 aromatic carbocycles. The van der Waals surface area contributed by atoms with Crippen LogP contribution in [0.4, 0.5) is 0 Å². The van der Waals surface area contributed by atoms with Crippen LogP contribution in [0.5, 0.6) is 0 Å². The van der Waals surface area contributed by atoms with E-state index in [1.54, 1.807) is 7.11 Å². The Hall–Kier alpha value is -1.77. The maximum atomic E-state index is 11.0. The summed E-state index contributed by atoms with van der Waals surface area (Å²) in [7, 11) is 2.92. The van der Waals surface area contributed by atoms with Crippen LogP contribution in [0.1, 0.15) is 18.4 Å². The summed E-state index contributed by atoms with van der Waals surface area (Å²) in [4.78, 5) is 11.0. The van der Waals surface area contributed by atoms with Crippen LogP contribution in [0.15, 0.2) is 42.2 Å². The third kappa shape index (κ3) is 5.20. The number of ether oxygens (including phenoxy) is 2. The minimum absolute atomic E-state index is 0.374. The van der Waals surface area contributed by atoms with Crippen LogP contribution in [0, 0.1) is 0 Å². The van der Waals surface area contributed by atoms with Gasteiger partial charge in [-0.05, 0) is 18.4 Å². The molecule has 0 aliphatic rings. The minimum atomic E-state index is -0.374. The molecule has 0 amide bonds. The number of benzene rings is 1. The van der Waals surface area contributed by atoms with E-state index in [9.17, 15) is 4.79 Å². The second-order valence-corrected chi connectivity index (χ2v) is 3.68. The van der Waals surface area contributed by atoms with Gasteiger partial charge in [0.05, 0.1) is 20.3 Å². The molecule has 0 heterocycles. The van der Waals surface area contributed by atoms with Gasteiger partial charge in [-0.2, -0.15) is 0 Å². The number of hydrogen-bond donors (Lipinski definition) is 0. The van der Waals surface area contributed by atoms with E-state index in [1.165, 1.54) is 18.7 Å². The Bertz CT molecular complexity index is 368. The molecule has 0 aromatic heterocycles. The summed E-state index contributed by atoms with van der Waals surface area (Å²) in [5, 5.41) is 0. The summed E-state index contributed by atoms with van der Waals surface area (Å²) in [6.45, 7) is 0. The molecule has 1 aromatic rings. The van der Waals surface area contributed by atoms with Crippen molar-refractivity contribution in [3.05, 3.63) is 47.7 Å². The number of aryl methyl sites for hydroxylation is 1. The van der Waals surface area contributed by atoms with Crippen LogP contribution in [0.2, 0.25) is 0 Å². The summed E-state index contributed by atoms with van der Waals surface area (Å²) in [6.07, 6.45) is 4.05. The molecule has 0 N–H and O–H groups in total. The van der Waals surface area contributed by atoms with Crippen LogP contribution < -0.4 is 0 Å². The first-order valence-corrected chi connectivity index (χ1v) is 5.62. The number of rotatable bonds is 6. The maximum Gasteiger partial charge on any atom is 0.333 e. The minimum Gasteiger partial charge on any atom is -0.501 e. The molecule has 0 atom stereocenters. The van der Waals surface area contributed by atoms with Crippen molar-refractivity contribution in [2.45, 2.75) is 19.3 Å². The van der Waals surface area contributed by atoms with Gasteiger partial charge in [0.1, 0.15) is 5.76 Å². The molecule has 0 spiro atoms. The number of carbonyl (C=O) groups excluding carboxylic acids is 1. The van der Waals surface area contributed by atoms with Gasteiger partial charge >= 0.3 is 5.97 Å². The lowest BCUT2D eigenvalue weighted by Crippen LogP contribution is -1.99. The van der Waals surface area contributed by atoms with Gasteiger partial charge in [-0.3, -0.25) is 0 Å². The number of hydrogen-bond acceptors (Lipinski definition) is 3. The molecular weight excluding hydrogens is 216 g/mol. The first kappa shape index (κ1) is 13.3. The topological polar surface area (TPSA) is 35.5 Å². The van der Waals surface area contributed by atoms with E-state index in [2.05, 4.69) is 16.9 Å². The molecule has 0 radical (unpaired) electrons. The molecule has 3 heteroatoms. The van der Waals surface area contributed by atoms with Crippen molar-refractivity contribution in [2.24, 2.45) is 0 Å². The van der Waals surface area contributed by atoms with E-state index in [0.29, 0.717) is 5.76 Å². The fraction of sp³-hybridized carbons (Fsp3) is 0.357. The summed E-state index contributed by atoms with van der Waals surface area (Å²) in [5.74, 6) is 0.286. The normalized spacial score (nSPS) is 11.1. The number of carbonyl (C=O) groups is 1. The first-order chi connectivity index (χ1) is 8.26. The van der Waals surface area contributed by atoms with Gasteiger partial charge < -0.3 is 9.47 Å². The summed E-state index contributed by atoms with van der Waals surface area (Å²) < 4.78 is 9.67. The molecule has 0 unspecified atom stereocenters. The van der Waals surface area contributed by atoms with Crippen LogP contribution >= 0.6 is 0 Å². The highest BCUT2D eigenvalue weighted by molar-refractivity contribution is 5.82. The van der Waals surface area contributed by atoms with Crippen LogP contribution in [-0.4, -0.2) is 20.2 Å². The maximum absolute atomic E-state index is 11.0. The fourth-order valence-corrected chi connectivity index (χ4v) is 1.53. The van der Waals surface area contributed by atoms with Gasteiger partial charge in [0.2, 0.25) is 0 Å². The average molecular weight is 234 g/mol. The van der Waals surface area contributed by atoms with Gasteiger partial charge in [-0.1, -0.05) is 30.3 Å². The standard InChI is InChI=1S/C14H18O3/c1-16-13(11-14(15)17-2)10-6-9-12-7-4-3-5-8-12/h3-5,7-8,11H,6,9-10H2,1-2H3/b13-11-. The van der Waals surface area contributed by atoms with Crippen molar-refractivity contribution in [1.82, 2.24) is 0 Å². The second-order valence-electron chi connectivity index (χ2n) is 3.68. The van der Waals surface area contributed by atoms with E-state index in [1.807, 2.05) is 18.2 Å². The monoisotopic (exact) mass is 234 g/mol. The molecule has 3 nitrogen and oxygen atoms in total. The largest absolute Gasteiger partial charge is 0.501 e. The Labute approximate surface area is 102 Å². The molecule has 92 valence electrons. The fourth-order valence-electron chi connectivity index (χ4n) is 1.53. The highest BCUT2D eigenvalue weighted by atomic mass is 16.5. The van der Waals surface area contributed by atoms with Crippen molar-refractivity contribution in [3.8, 4) is 0 Å². The number of methoxy groups -OCH3 is 2. The molecule has 0 bridgehead atoms. The van der Waals surface area contributed by atoms with E-state index in [-0.39, 0.29) is 5.97 Å². The molecule has 0 aliphatic carbocycles. The second kappa shape index (κ2) is 7.49. The van der Waals surface area contributed by atoms with Gasteiger partial charge in [0.15, 0.2) is 0 Å². The van der Waals surface area contributed by atoms with Gasteiger partial charge in [0, 0.05) is 6.42 Å². The Morgan fingerprint density at radius 1 is 1.18 bits per heavy atom. The first-order valence-electron chi connectivity index (χ1n) is 5.62. The predicted octanol–water partition coefficient (Wildman–Crippen LogP) is 2.71. The molecule has 0 fully saturated rings. The number of esters is 1. The molecule has 0 aliphatic heterocycles. The SMILES string of the molecule is COC(=O)/C=C(/CCCc1ccccc1)OC. The zero-order chi connectivity index (χ0) is 12.5. The molecule has 0 saturated heterocycles. The van der Waals surface area contributed by atoms with E-state index in [0.717, 1.165) is 19.3 Å². The van der Waals surface area contributed by atoms with Crippen molar-refractivity contribution in [3.63, 3.8) is 0 Å². The smallest absolute Gasteiger partial charge is 0.333 e. The Morgan fingerprint density at radius 3 is 2.47 bits per heavy atom. The number of allylic oxidation sites excluding steroid dienone is 1. The van der Waals surface area contributed by atoms with E-state index in [4.69, 9.17) is 4.74 Å². The third-order valence-corrected chi connectivity index (χ3v) is 2.47. The summed E-state index contributed by atoms with van der Waals surface area (Å²) in [5.41, 5.74) is 1.29. The van der Waals surface area contributed by atoms with E-state index >= 15 is 0 Å². The Kier molecular flexibility index (Phi) is 5.86. The lowest BCUT2D eigenvalue weighted by molar-refractivity contribution is -0.135. The molecular formula is C14H18O3. The van der Waals surface area contributed by atoms with Crippen molar-refractivity contribution in [2.75, 3.05) is 14.2 Å². The van der Waals surface area contributed by atoms with Crippen molar-refractivity contribution in [1.29, 1.82) is 0 Å². The lowest BCUT2D eigenvalue weighted by atomic mass is 10.1. The van der Waals surface area contributed by atoms with Crippen LogP contribution in [-0.2, 0) is 20.7 Å². The summed E-state index contributed by atoms with van der Waals surface area (Å²) >= 11 is 0. The Balaban J connectivity index is 2.39. The quantitative estimate of drug-likeness (QED) is 0.431. The molecule has 17 heavy (non-hydrogen) atoms. The van der Waals surface area contributed by atoms with Gasteiger partial charge in [-0.15, -0.1) is 0 Å². The highest BCUT2D eigenvalue weighted by Crippen LogP contribution is 2.10. The van der Waals surface area contributed by atoms with Gasteiger partial charge in [-0.25, -0.2) is 4.79 Å².